The molecule has 0 saturated heterocycles. The maximum atomic E-state index is 13.1. The van der Waals surface area contributed by atoms with Crippen molar-refractivity contribution in [2.24, 2.45) is 23.2 Å². The van der Waals surface area contributed by atoms with Crippen molar-refractivity contribution in [3.8, 4) is 0 Å². The molecule has 2 amide bonds. The van der Waals surface area contributed by atoms with Crippen LogP contribution in [-0.2, 0) is 11.3 Å². The highest BCUT2D eigenvalue weighted by molar-refractivity contribution is 5.94. The average Bonchev–Trinajstić information content (AvgIpc) is 2.70. The van der Waals surface area contributed by atoms with E-state index in [4.69, 9.17) is 0 Å². The third-order valence-corrected chi connectivity index (χ3v) is 7.31. The van der Waals surface area contributed by atoms with E-state index >= 15 is 0 Å². The van der Waals surface area contributed by atoms with Crippen LogP contribution >= 0.6 is 0 Å². The number of benzene rings is 1. The molecule has 1 aromatic carbocycles. The van der Waals surface area contributed by atoms with E-state index in [0.29, 0.717) is 18.7 Å². The van der Waals surface area contributed by atoms with Crippen molar-refractivity contribution in [2.45, 2.75) is 65.0 Å². The monoisotopic (exact) mass is 397 g/mol. The van der Waals surface area contributed by atoms with E-state index in [1.807, 2.05) is 24.3 Å². The van der Waals surface area contributed by atoms with Gasteiger partial charge in [-0.1, -0.05) is 19.1 Å². The van der Waals surface area contributed by atoms with Crippen molar-refractivity contribution in [1.29, 1.82) is 0 Å². The van der Waals surface area contributed by atoms with Crippen molar-refractivity contribution in [2.75, 3.05) is 13.1 Å². The van der Waals surface area contributed by atoms with Gasteiger partial charge in [-0.05, 0) is 87.4 Å². The van der Waals surface area contributed by atoms with Gasteiger partial charge in [-0.2, -0.15) is 0 Å². The van der Waals surface area contributed by atoms with Crippen LogP contribution in [0.15, 0.2) is 24.3 Å². The van der Waals surface area contributed by atoms with Gasteiger partial charge < -0.3 is 16.0 Å². The first-order chi connectivity index (χ1) is 14.0. The number of carbonyl (C=O) groups excluding carboxylic acids is 2. The van der Waals surface area contributed by atoms with E-state index in [2.05, 4.69) is 29.8 Å². The molecule has 1 atom stereocenters. The number of amides is 2. The van der Waals surface area contributed by atoms with E-state index in [-0.39, 0.29) is 23.3 Å². The fraction of sp³-hybridized carbons (Fsp3) is 0.667. The largest absolute Gasteiger partial charge is 0.352 e. The molecule has 4 bridgehead atoms. The van der Waals surface area contributed by atoms with Crippen LogP contribution in [0.3, 0.4) is 0 Å². The first kappa shape index (κ1) is 20.4. The van der Waals surface area contributed by atoms with Gasteiger partial charge in [0.05, 0.1) is 0 Å². The Kier molecular flexibility index (Phi) is 5.95. The summed E-state index contributed by atoms with van der Waals surface area (Å²) in [6.07, 6.45) is 7.33. The molecule has 0 spiro atoms. The summed E-state index contributed by atoms with van der Waals surface area (Å²) >= 11 is 0. The third kappa shape index (κ3) is 4.50. The van der Waals surface area contributed by atoms with Gasteiger partial charge in [0.25, 0.3) is 5.91 Å². The summed E-state index contributed by atoms with van der Waals surface area (Å²) in [5, 5.41) is 9.45. The average molecular weight is 398 g/mol. The highest BCUT2D eigenvalue weighted by atomic mass is 16.2. The molecular weight excluding hydrogens is 362 g/mol. The summed E-state index contributed by atoms with van der Waals surface area (Å²) in [7, 11) is 0. The van der Waals surface area contributed by atoms with Crippen LogP contribution in [0.25, 0.3) is 0 Å². The predicted molar refractivity (Wildman–Crippen MR) is 114 cm³/mol. The fourth-order valence-electron chi connectivity index (χ4n) is 6.30. The highest BCUT2D eigenvalue weighted by Gasteiger charge is 2.54. The Morgan fingerprint density at radius 3 is 2.14 bits per heavy atom. The molecule has 4 fully saturated rings. The van der Waals surface area contributed by atoms with Crippen molar-refractivity contribution in [3.05, 3.63) is 35.4 Å². The third-order valence-electron chi connectivity index (χ3n) is 7.31. The number of hydrogen-bond donors (Lipinski definition) is 3. The number of nitrogens with one attached hydrogen (secondary N) is 3. The van der Waals surface area contributed by atoms with Gasteiger partial charge in [0, 0.05) is 30.1 Å². The summed E-state index contributed by atoms with van der Waals surface area (Å²) in [5.41, 5.74) is 1.60. The predicted octanol–water partition coefficient (Wildman–Crippen LogP) is 3.25. The van der Waals surface area contributed by atoms with Crippen LogP contribution in [0.4, 0.5) is 0 Å². The van der Waals surface area contributed by atoms with Gasteiger partial charge in [-0.25, -0.2) is 0 Å². The Hall–Kier alpha value is -1.88. The zero-order valence-electron chi connectivity index (χ0n) is 17.8. The molecule has 4 saturated carbocycles. The van der Waals surface area contributed by atoms with Gasteiger partial charge in [0.2, 0.25) is 5.91 Å². The molecule has 1 aromatic rings. The smallest absolute Gasteiger partial charge is 0.251 e. The fourth-order valence-corrected chi connectivity index (χ4v) is 6.30. The lowest BCUT2D eigenvalue weighted by molar-refractivity contribution is -0.146. The Balaban J connectivity index is 1.28. The quantitative estimate of drug-likeness (QED) is 0.631. The summed E-state index contributed by atoms with van der Waals surface area (Å²) in [5.74, 6) is 2.54. The molecular formula is C24H35N3O2. The minimum atomic E-state index is -0.0994. The molecule has 29 heavy (non-hydrogen) atoms. The molecule has 5 heteroatoms. The van der Waals surface area contributed by atoms with E-state index < -0.39 is 0 Å². The molecule has 0 aliphatic heterocycles. The number of rotatable bonds is 8. The molecule has 0 radical (unpaired) electrons. The van der Waals surface area contributed by atoms with Gasteiger partial charge in [-0.3, -0.25) is 9.59 Å². The van der Waals surface area contributed by atoms with Gasteiger partial charge in [-0.15, -0.1) is 0 Å². The molecule has 0 heterocycles. The summed E-state index contributed by atoms with van der Waals surface area (Å²) in [4.78, 5) is 25.3. The Bertz CT molecular complexity index is 708. The van der Waals surface area contributed by atoms with Crippen LogP contribution in [-0.4, -0.2) is 30.9 Å². The van der Waals surface area contributed by atoms with Crippen molar-refractivity contribution in [3.63, 3.8) is 0 Å². The Morgan fingerprint density at radius 1 is 1.00 bits per heavy atom. The molecule has 5 nitrogen and oxygen atoms in total. The van der Waals surface area contributed by atoms with Gasteiger partial charge >= 0.3 is 0 Å². The van der Waals surface area contributed by atoms with E-state index in [0.717, 1.165) is 49.1 Å². The Morgan fingerprint density at radius 2 is 1.59 bits per heavy atom. The zero-order valence-corrected chi connectivity index (χ0v) is 17.8. The van der Waals surface area contributed by atoms with Crippen LogP contribution in [0.5, 0.6) is 0 Å². The van der Waals surface area contributed by atoms with E-state index in [1.165, 1.54) is 19.3 Å². The lowest BCUT2D eigenvalue weighted by atomic mass is 9.49. The maximum Gasteiger partial charge on any atom is 0.251 e. The highest BCUT2D eigenvalue weighted by Crippen LogP contribution is 2.60. The van der Waals surface area contributed by atoms with Crippen LogP contribution in [0.2, 0.25) is 0 Å². The lowest BCUT2D eigenvalue weighted by Crippen LogP contribution is -2.53. The van der Waals surface area contributed by atoms with Gasteiger partial charge in [0.15, 0.2) is 0 Å². The SMILES string of the molecule is CCN[C@H](C)CNC(=O)c1ccc(CNC(=O)C23CC4CC(CC(C4)C2)C3)cc1. The maximum absolute atomic E-state index is 13.1. The molecule has 5 rings (SSSR count). The number of likely N-dealkylation sites (N-methyl/N-ethyl adjacent to an activating group) is 1. The zero-order chi connectivity index (χ0) is 20.4. The number of hydrogen-bond acceptors (Lipinski definition) is 3. The first-order valence-corrected chi connectivity index (χ1v) is 11.4. The molecule has 4 aliphatic rings. The van der Waals surface area contributed by atoms with Crippen molar-refractivity contribution in [1.82, 2.24) is 16.0 Å². The first-order valence-electron chi connectivity index (χ1n) is 11.4. The van der Waals surface area contributed by atoms with E-state index in [9.17, 15) is 9.59 Å². The lowest BCUT2D eigenvalue weighted by Gasteiger charge is -2.55. The molecule has 3 N–H and O–H groups in total. The number of carbonyl (C=O) groups is 2. The minimum absolute atomic E-state index is 0.0566. The summed E-state index contributed by atoms with van der Waals surface area (Å²) < 4.78 is 0. The normalized spacial score (nSPS) is 30.8. The second kappa shape index (κ2) is 8.47. The van der Waals surface area contributed by atoms with Crippen LogP contribution in [0, 0.1) is 23.2 Å². The van der Waals surface area contributed by atoms with E-state index in [1.54, 1.807) is 0 Å². The summed E-state index contributed by atoms with van der Waals surface area (Å²) in [6, 6.07) is 7.84. The van der Waals surface area contributed by atoms with Gasteiger partial charge in [0.1, 0.15) is 0 Å². The standard InChI is InChI=1S/C24H35N3O2/c1-3-25-16(2)14-26-22(28)21-6-4-17(5-7-21)15-27-23(29)24-11-18-8-19(12-24)10-20(9-18)13-24/h4-7,16,18-20,25H,3,8-15H2,1-2H3,(H,26,28)(H,27,29)/t16-,18?,19?,20?,24?/m1/s1. The second-order valence-corrected chi connectivity index (χ2v) is 9.75. The minimum Gasteiger partial charge on any atom is -0.352 e. The summed E-state index contributed by atoms with van der Waals surface area (Å²) in [6.45, 7) is 6.15. The Labute approximate surface area is 174 Å². The molecule has 4 aliphatic carbocycles. The molecule has 158 valence electrons. The van der Waals surface area contributed by atoms with Crippen molar-refractivity contribution >= 4 is 11.8 Å². The molecule has 0 unspecified atom stereocenters. The van der Waals surface area contributed by atoms with Crippen LogP contribution < -0.4 is 16.0 Å². The second-order valence-electron chi connectivity index (χ2n) is 9.75. The topological polar surface area (TPSA) is 70.2 Å². The van der Waals surface area contributed by atoms with Crippen LogP contribution in [0.1, 0.15) is 68.3 Å². The molecule has 0 aromatic heterocycles. The van der Waals surface area contributed by atoms with Crippen molar-refractivity contribution < 1.29 is 9.59 Å².